The minimum absolute atomic E-state index is 0.0762. The molecule has 0 saturated heterocycles. The fourth-order valence-corrected chi connectivity index (χ4v) is 3.23. The van der Waals surface area contributed by atoms with E-state index < -0.39 is 16.1 Å². The molecule has 0 aromatic heterocycles. The SMILES string of the molecule is N#CCCCS(=O)(=O)NCC(O)c1ccc2ccccc2c1. The first kappa shape index (κ1) is 16.4. The van der Waals surface area contributed by atoms with E-state index >= 15 is 0 Å². The number of unbranched alkanes of at least 4 members (excludes halogenated alkanes) is 1. The van der Waals surface area contributed by atoms with Gasteiger partial charge in [0.15, 0.2) is 0 Å². The van der Waals surface area contributed by atoms with Crippen molar-refractivity contribution in [3.8, 4) is 6.07 Å². The maximum Gasteiger partial charge on any atom is 0.211 e. The van der Waals surface area contributed by atoms with Gasteiger partial charge in [0.1, 0.15) is 0 Å². The molecule has 0 spiro atoms. The third-order valence-corrected chi connectivity index (χ3v) is 4.79. The Morgan fingerprint density at radius 3 is 2.64 bits per heavy atom. The molecule has 0 bridgehead atoms. The maximum atomic E-state index is 11.7. The van der Waals surface area contributed by atoms with Gasteiger partial charge in [-0.3, -0.25) is 0 Å². The quantitative estimate of drug-likeness (QED) is 0.765. The van der Waals surface area contributed by atoms with Crippen LogP contribution in [0.1, 0.15) is 24.5 Å². The van der Waals surface area contributed by atoms with Gasteiger partial charge in [-0.05, 0) is 28.8 Å². The van der Waals surface area contributed by atoms with Crippen molar-refractivity contribution in [3.63, 3.8) is 0 Å². The lowest BCUT2D eigenvalue weighted by molar-refractivity contribution is 0.182. The molecule has 116 valence electrons. The number of sulfonamides is 1. The molecule has 2 rings (SSSR count). The molecule has 0 aliphatic heterocycles. The highest BCUT2D eigenvalue weighted by atomic mass is 32.2. The summed E-state index contributed by atoms with van der Waals surface area (Å²) in [6, 6.07) is 15.2. The Labute approximate surface area is 130 Å². The molecular weight excluding hydrogens is 300 g/mol. The predicted octanol–water partition coefficient (Wildman–Crippen LogP) is 2.10. The van der Waals surface area contributed by atoms with Gasteiger partial charge < -0.3 is 5.11 Å². The zero-order chi connectivity index (χ0) is 16.0. The molecule has 0 radical (unpaired) electrons. The fourth-order valence-electron chi connectivity index (χ4n) is 2.15. The van der Waals surface area contributed by atoms with Gasteiger partial charge in [0.05, 0.1) is 17.9 Å². The molecular formula is C16H18N2O3S. The summed E-state index contributed by atoms with van der Waals surface area (Å²) in [6.07, 6.45) is -0.415. The average Bonchev–Trinajstić information content (AvgIpc) is 2.52. The number of aliphatic hydroxyl groups excluding tert-OH is 1. The lowest BCUT2D eigenvalue weighted by Gasteiger charge is -2.13. The smallest absolute Gasteiger partial charge is 0.211 e. The van der Waals surface area contributed by atoms with Crippen LogP contribution in [0, 0.1) is 11.3 Å². The molecule has 0 fully saturated rings. The molecule has 22 heavy (non-hydrogen) atoms. The molecule has 0 aliphatic carbocycles. The number of hydrogen-bond acceptors (Lipinski definition) is 4. The van der Waals surface area contributed by atoms with E-state index in [2.05, 4.69) is 4.72 Å². The second-order valence-corrected chi connectivity index (χ2v) is 6.98. The van der Waals surface area contributed by atoms with Gasteiger partial charge in [0, 0.05) is 13.0 Å². The summed E-state index contributed by atoms with van der Waals surface area (Å²) in [4.78, 5) is 0. The lowest BCUT2D eigenvalue weighted by atomic mass is 10.0. The average molecular weight is 318 g/mol. The van der Waals surface area contributed by atoms with Crippen LogP contribution in [0.4, 0.5) is 0 Å². The fraction of sp³-hybridized carbons (Fsp3) is 0.312. The number of nitrogens with zero attached hydrogens (tertiary/aromatic N) is 1. The van der Waals surface area contributed by atoms with E-state index in [0.29, 0.717) is 5.56 Å². The number of benzene rings is 2. The first-order valence-electron chi connectivity index (χ1n) is 7.03. The summed E-state index contributed by atoms with van der Waals surface area (Å²) in [6.45, 7) is -0.0762. The molecule has 2 aromatic carbocycles. The monoisotopic (exact) mass is 318 g/mol. The number of nitriles is 1. The van der Waals surface area contributed by atoms with Crippen molar-refractivity contribution in [2.75, 3.05) is 12.3 Å². The number of fused-ring (bicyclic) bond motifs is 1. The topological polar surface area (TPSA) is 90.2 Å². The van der Waals surface area contributed by atoms with Crippen LogP contribution in [0.2, 0.25) is 0 Å². The minimum Gasteiger partial charge on any atom is -0.387 e. The van der Waals surface area contributed by atoms with E-state index in [0.717, 1.165) is 10.8 Å². The number of hydrogen-bond donors (Lipinski definition) is 2. The number of rotatable bonds is 7. The van der Waals surface area contributed by atoms with E-state index in [-0.39, 0.29) is 25.1 Å². The third kappa shape index (κ3) is 4.53. The van der Waals surface area contributed by atoms with Crippen LogP contribution in [0.3, 0.4) is 0 Å². The van der Waals surface area contributed by atoms with Crippen molar-refractivity contribution < 1.29 is 13.5 Å². The van der Waals surface area contributed by atoms with E-state index in [1.807, 2.05) is 42.5 Å². The Morgan fingerprint density at radius 2 is 1.91 bits per heavy atom. The second-order valence-electron chi connectivity index (χ2n) is 5.05. The summed E-state index contributed by atoms with van der Waals surface area (Å²) in [7, 11) is -3.46. The molecule has 0 heterocycles. The summed E-state index contributed by atoms with van der Waals surface area (Å²) in [5.41, 5.74) is 0.665. The van der Waals surface area contributed by atoms with Crippen LogP contribution in [0.25, 0.3) is 10.8 Å². The molecule has 5 nitrogen and oxygen atoms in total. The first-order valence-corrected chi connectivity index (χ1v) is 8.68. The second kappa shape index (κ2) is 7.36. The summed E-state index contributed by atoms with van der Waals surface area (Å²) >= 11 is 0. The van der Waals surface area contributed by atoms with Crippen molar-refractivity contribution in [2.24, 2.45) is 0 Å². The number of aliphatic hydroxyl groups is 1. The van der Waals surface area contributed by atoms with Crippen molar-refractivity contribution >= 4 is 20.8 Å². The summed E-state index contributed by atoms with van der Waals surface area (Å²) in [5.74, 6) is -0.106. The van der Waals surface area contributed by atoms with E-state index in [1.54, 1.807) is 6.07 Å². The zero-order valence-electron chi connectivity index (χ0n) is 12.1. The highest BCUT2D eigenvalue weighted by Gasteiger charge is 2.14. The Kier molecular flexibility index (Phi) is 5.50. The highest BCUT2D eigenvalue weighted by Crippen LogP contribution is 2.20. The maximum absolute atomic E-state index is 11.7. The molecule has 0 aliphatic rings. The molecule has 1 atom stereocenters. The first-order chi connectivity index (χ1) is 10.5. The standard InChI is InChI=1S/C16H18N2O3S/c17-9-3-4-10-22(20,21)18-12-16(19)15-8-7-13-5-1-2-6-14(13)11-15/h1-2,5-8,11,16,18-19H,3-4,10,12H2. The van der Waals surface area contributed by atoms with Gasteiger partial charge in [-0.2, -0.15) is 5.26 Å². The largest absolute Gasteiger partial charge is 0.387 e. The van der Waals surface area contributed by atoms with E-state index in [9.17, 15) is 13.5 Å². The molecule has 1 unspecified atom stereocenters. The van der Waals surface area contributed by atoms with Gasteiger partial charge in [-0.15, -0.1) is 0 Å². The molecule has 0 saturated carbocycles. The highest BCUT2D eigenvalue weighted by molar-refractivity contribution is 7.89. The van der Waals surface area contributed by atoms with Gasteiger partial charge in [0.2, 0.25) is 10.0 Å². The van der Waals surface area contributed by atoms with Gasteiger partial charge >= 0.3 is 0 Å². The van der Waals surface area contributed by atoms with Crippen molar-refractivity contribution in [2.45, 2.75) is 18.9 Å². The Hall–Kier alpha value is -1.94. The molecule has 2 N–H and O–H groups in total. The molecule has 2 aromatic rings. The molecule has 0 amide bonds. The Bertz CT molecular complexity index is 781. The minimum atomic E-state index is -3.46. The molecule has 6 heteroatoms. The van der Waals surface area contributed by atoms with E-state index in [4.69, 9.17) is 5.26 Å². The van der Waals surface area contributed by atoms with Crippen LogP contribution >= 0.6 is 0 Å². The Morgan fingerprint density at radius 1 is 1.18 bits per heavy atom. The normalized spacial score (nSPS) is 12.9. The van der Waals surface area contributed by atoms with Crippen LogP contribution in [0.15, 0.2) is 42.5 Å². The van der Waals surface area contributed by atoms with Crippen LogP contribution < -0.4 is 4.72 Å². The van der Waals surface area contributed by atoms with E-state index in [1.165, 1.54) is 0 Å². The summed E-state index contributed by atoms with van der Waals surface area (Å²) < 4.78 is 25.8. The van der Waals surface area contributed by atoms with Gasteiger partial charge in [-0.25, -0.2) is 13.1 Å². The predicted molar refractivity (Wildman–Crippen MR) is 85.5 cm³/mol. The lowest BCUT2D eigenvalue weighted by Crippen LogP contribution is -2.30. The Balaban J connectivity index is 1.99. The van der Waals surface area contributed by atoms with Crippen molar-refractivity contribution in [1.82, 2.24) is 4.72 Å². The zero-order valence-corrected chi connectivity index (χ0v) is 12.9. The van der Waals surface area contributed by atoms with Crippen LogP contribution in [-0.4, -0.2) is 25.8 Å². The van der Waals surface area contributed by atoms with Gasteiger partial charge in [0.25, 0.3) is 0 Å². The number of nitrogens with one attached hydrogen (secondary N) is 1. The van der Waals surface area contributed by atoms with Crippen LogP contribution in [-0.2, 0) is 10.0 Å². The van der Waals surface area contributed by atoms with Crippen molar-refractivity contribution in [3.05, 3.63) is 48.0 Å². The van der Waals surface area contributed by atoms with Crippen molar-refractivity contribution in [1.29, 1.82) is 5.26 Å². The van der Waals surface area contributed by atoms with Crippen LogP contribution in [0.5, 0.6) is 0 Å². The van der Waals surface area contributed by atoms with Gasteiger partial charge in [-0.1, -0.05) is 36.4 Å². The third-order valence-electron chi connectivity index (χ3n) is 3.36. The summed E-state index contributed by atoms with van der Waals surface area (Å²) in [5, 5.41) is 20.6.